The van der Waals surface area contributed by atoms with E-state index in [9.17, 15) is 24.9 Å². The van der Waals surface area contributed by atoms with Gasteiger partial charge in [-0.15, -0.1) is 0 Å². The van der Waals surface area contributed by atoms with Crippen molar-refractivity contribution in [2.75, 3.05) is 20.3 Å². The second-order valence-corrected chi connectivity index (χ2v) is 13.2. The third-order valence-electron chi connectivity index (χ3n) is 9.03. The predicted molar refractivity (Wildman–Crippen MR) is 183 cm³/mol. The number of halogens is 2. The standard InChI is InChI=1S/C36H48Cl2N2O7/c1-3-4-5-6-7-8-9-10-11-12-31(43)40(21-24-13-14-25(37)19-28(24)38)29-20-27(36(45)39-15-16-41)32-26-17-23(22-42)18-30(46-2)34(26)47-35(32)33(29)44/h13-14,17-20,29,32-33,35,41-42,44H,3-12,15-16,21-22H2,1-2H3,(H,39,45). The largest absolute Gasteiger partial charge is 0.493 e. The zero-order valence-electron chi connectivity index (χ0n) is 27.4. The smallest absolute Gasteiger partial charge is 0.247 e. The first-order chi connectivity index (χ1) is 22.7. The lowest BCUT2D eigenvalue weighted by Gasteiger charge is -2.41. The van der Waals surface area contributed by atoms with E-state index < -0.39 is 30.1 Å². The minimum atomic E-state index is -1.22. The van der Waals surface area contributed by atoms with E-state index in [1.165, 1.54) is 39.2 Å². The summed E-state index contributed by atoms with van der Waals surface area (Å²) in [4.78, 5) is 29.2. The molecular formula is C36H48Cl2N2O7. The van der Waals surface area contributed by atoms with Crippen LogP contribution in [0.25, 0.3) is 0 Å². The van der Waals surface area contributed by atoms with E-state index in [4.69, 9.17) is 32.7 Å². The van der Waals surface area contributed by atoms with E-state index in [1.807, 2.05) is 0 Å². The molecule has 9 nitrogen and oxygen atoms in total. The quantitative estimate of drug-likeness (QED) is 0.140. The van der Waals surface area contributed by atoms with Crippen LogP contribution in [0.1, 0.15) is 93.7 Å². The molecule has 4 N–H and O–H groups in total. The zero-order valence-corrected chi connectivity index (χ0v) is 28.9. The highest BCUT2D eigenvalue weighted by Crippen LogP contribution is 2.51. The van der Waals surface area contributed by atoms with Gasteiger partial charge in [-0.1, -0.05) is 87.6 Å². The van der Waals surface area contributed by atoms with Crippen LogP contribution in [-0.2, 0) is 22.7 Å². The molecule has 1 aliphatic carbocycles. The van der Waals surface area contributed by atoms with Gasteiger partial charge >= 0.3 is 0 Å². The van der Waals surface area contributed by atoms with Gasteiger partial charge in [-0.25, -0.2) is 0 Å². The maximum atomic E-state index is 14.0. The average Bonchev–Trinajstić information content (AvgIpc) is 3.46. The second kappa shape index (κ2) is 18.1. The molecule has 258 valence electrons. The van der Waals surface area contributed by atoms with Gasteiger partial charge in [0.1, 0.15) is 12.2 Å². The fourth-order valence-corrected chi connectivity index (χ4v) is 7.01. The molecule has 47 heavy (non-hydrogen) atoms. The molecule has 0 fully saturated rings. The fourth-order valence-electron chi connectivity index (χ4n) is 6.54. The lowest BCUT2D eigenvalue weighted by Crippen LogP contribution is -2.55. The number of nitrogens with one attached hydrogen (secondary N) is 1. The molecule has 2 aromatic rings. The number of unbranched alkanes of at least 4 members (excludes halogenated alkanes) is 8. The first kappa shape index (κ1) is 37.0. The van der Waals surface area contributed by atoms with E-state index in [1.54, 1.807) is 41.3 Å². The van der Waals surface area contributed by atoms with Crippen LogP contribution in [0.15, 0.2) is 42.0 Å². The van der Waals surface area contributed by atoms with Gasteiger partial charge in [0.25, 0.3) is 0 Å². The molecule has 4 unspecified atom stereocenters. The summed E-state index contributed by atoms with van der Waals surface area (Å²) in [6.45, 7) is 1.80. The second-order valence-electron chi connectivity index (χ2n) is 12.4. The van der Waals surface area contributed by atoms with E-state index in [2.05, 4.69) is 12.2 Å². The summed E-state index contributed by atoms with van der Waals surface area (Å²) in [5, 5.41) is 34.9. The van der Waals surface area contributed by atoms with Crippen LogP contribution in [0.4, 0.5) is 0 Å². The van der Waals surface area contributed by atoms with Gasteiger partial charge in [-0.2, -0.15) is 0 Å². The Morgan fingerprint density at radius 3 is 2.34 bits per heavy atom. The summed E-state index contributed by atoms with van der Waals surface area (Å²) >= 11 is 12.7. The molecule has 1 heterocycles. The molecule has 0 radical (unpaired) electrons. The molecule has 0 bridgehead atoms. The number of hydrogen-bond donors (Lipinski definition) is 4. The molecule has 0 saturated carbocycles. The maximum absolute atomic E-state index is 14.0. The number of amides is 2. The molecule has 2 aromatic carbocycles. The topological polar surface area (TPSA) is 129 Å². The third-order valence-corrected chi connectivity index (χ3v) is 9.61. The van der Waals surface area contributed by atoms with Gasteiger partial charge in [0.15, 0.2) is 11.5 Å². The van der Waals surface area contributed by atoms with E-state index in [-0.39, 0.29) is 44.2 Å². The first-order valence-corrected chi connectivity index (χ1v) is 17.5. The number of methoxy groups -OCH3 is 1. The van der Waals surface area contributed by atoms with Gasteiger partial charge in [0.2, 0.25) is 11.8 Å². The maximum Gasteiger partial charge on any atom is 0.247 e. The van der Waals surface area contributed by atoms with Crippen molar-refractivity contribution in [1.29, 1.82) is 0 Å². The summed E-state index contributed by atoms with van der Waals surface area (Å²) in [6, 6.07) is 7.53. The number of rotatable bonds is 18. The van der Waals surface area contributed by atoms with Crippen LogP contribution < -0.4 is 14.8 Å². The van der Waals surface area contributed by atoms with Crippen molar-refractivity contribution in [2.24, 2.45) is 0 Å². The molecule has 2 amide bonds. The van der Waals surface area contributed by atoms with Crippen LogP contribution in [0.5, 0.6) is 11.5 Å². The summed E-state index contributed by atoms with van der Waals surface area (Å²) in [5.41, 5.74) is 2.09. The number of carbonyl (C=O) groups excluding carboxylic acids is 2. The van der Waals surface area contributed by atoms with Crippen LogP contribution in [0.3, 0.4) is 0 Å². The molecule has 4 rings (SSSR count). The molecule has 0 saturated heterocycles. The Labute approximate surface area is 287 Å². The van der Waals surface area contributed by atoms with Crippen LogP contribution in [0.2, 0.25) is 10.0 Å². The molecule has 11 heteroatoms. The van der Waals surface area contributed by atoms with Gasteiger partial charge in [0, 0.05) is 40.7 Å². The van der Waals surface area contributed by atoms with Gasteiger partial charge < -0.3 is 35.0 Å². The number of fused-ring (bicyclic) bond motifs is 3. The zero-order chi connectivity index (χ0) is 33.9. The van der Waals surface area contributed by atoms with Crippen LogP contribution in [-0.4, -0.2) is 70.5 Å². The Hall–Kier alpha value is -2.82. The van der Waals surface area contributed by atoms with Crippen molar-refractivity contribution in [3.8, 4) is 11.5 Å². The van der Waals surface area contributed by atoms with E-state index in [0.717, 1.165) is 19.3 Å². The number of benzene rings is 2. The number of carbonyl (C=O) groups is 2. The molecule has 0 aromatic heterocycles. The first-order valence-electron chi connectivity index (χ1n) is 16.7. The van der Waals surface area contributed by atoms with Crippen LogP contribution >= 0.6 is 23.2 Å². The van der Waals surface area contributed by atoms with Crippen molar-refractivity contribution in [3.63, 3.8) is 0 Å². The van der Waals surface area contributed by atoms with Crippen LogP contribution in [0, 0.1) is 0 Å². The summed E-state index contributed by atoms with van der Waals surface area (Å²) in [6.07, 6.45) is 9.76. The number of hydrogen-bond acceptors (Lipinski definition) is 7. The van der Waals surface area contributed by atoms with Crippen molar-refractivity contribution >= 4 is 35.0 Å². The summed E-state index contributed by atoms with van der Waals surface area (Å²) < 4.78 is 11.9. The minimum absolute atomic E-state index is 0.0239. The Bertz CT molecular complexity index is 1400. The average molecular weight is 692 g/mol. The number of aliphatic hydroxyl groups excluding tert-OH is 3. The summed E-state index contributed by atoms with van der Waals surface area (Å²) in [5.74, 6) is -0.599. The van der Waals surface area contributed by atoms with Gasteiger partial charge in [-0.3, -0.25) is 9.59 Å². The SMILES string of the molecule is CCCCCCCCCCCC(=O)N(Cc1ccc(Cl)cc1Cl)C1C=C(C(=O)NCCO)C2c3cc(CO)cc(OC)c3OC2C1O. The monoisotopic (exact) mass is 690 g/mol. The minimum Gasteiger partial charge on any atom is -0.493 e. The number of ether oxygens (including phenoxy) is 2. The fraction of sp³-hybridized carbons (Fsp3) is 0.556. The third kappa shape index (κ3) is 9.21. The molecule has 0 spiro atoms. The highest BCUT2D eigenvalue weighted by Gasteiger charge is 2.51. The Morgan fingerprint density at radius 2 is 1.70 bits per heavy atom. The predicted octanol–water partition coefficient (Wildman–Crippen LogP) is 6.07. The van der Waals surface area contributed by atoms with Crippen molar-refractivity contribution in [1.82, 2.24) is 10.2 Å². The molecule has 2 aliphatic rings. The van der Waals surface area contributed by atoms with Gasteiger partial charge in [-0.05, 0) is 47.9 Å². The highest BCUT2D eigenvalue weighted by molar-refractivity contribution is 6.35. The highest BCUT2D eigenvalue weighted by atomic mass is 35.5. The Balaban J connectivity index is 1.64. The Morgan fingerprint density at radius 1 is 1.00 bits per heavy atom. The molecule has 4 atom stereocenters. The van der Waals surface area contributed by atoms with Crippen molar-refractivity contribution < 1.29 is 34.4 Å². The Kier molecular flexibility index (Phi) is 14.2. The van der Waals surface area contributed by atoms with Crippen molar-refractivity contribution in [2.45, 2.75) is 108 Å². The summed E-state index contributed by atoms with van der Waals surface area (Å²) in [7, 11) is 1.48. The molecule has 1 aliphatic heterocycles. The van der Waals surface area contributed by atoms with E-state index >= 15 is 0 Å². The lowest BCUT2D eigenvalue weighted by atomic mass is 9.77. The number of nitrogens with zero attached hydrogens (tertiary/aromatic N) is 1. The van der Waals surface area contributed by atoms with E-state index in [0.29, 0.717) is 44.7 Å². The molecular weight excluding hydrogens is 643 g/mol. The van der Waals surface area contributed by atoms with Crippen molar-refractivity contribution in [3.05, 3.63) is 68.7 Å². The number of aliphatic hydroxyl groups is 3. The van der Waals surface area contributed by atoms with Gasteiger partial charge in [0.05, 0.1) is 32.3 Å². The normalized spacial score (nSPS) is 19.8. The lowest BCUT2D eigenvalue weighted by molar-refractivity contribution is -0.138.